The van der Waals surface area contributed by atoms with Crippen LogP contribution >= 0.6 is 0 Å². The molecule has 4 heteroatoms. The second-order valence-corrected chi connectivity index (χ2v) is 5.53. The summed E-state index contributed by atoms with van der Waals surface area (Å²) in [5.41, 5.74) is 7.35. The van der Waals surface area contributed by atoms with E-state index in [0.29, 0.717) is 6.54 Å². The maximum absolute atomic E-state index is 5.96. The second kappa shape index (κ2) is 5.87. The van der Waals surface area contributed by atoms with Gasteiger partial charge in [-0.2, -0.15) is 0 Å². The molecule has 0 radical (unpaired) electrons. The standard InChI is InChI=1S/C14H24N2O2/c1-12-13(4-7-18-12)8-16(2)10-14(9-15)5-3-6-17-11-14/h4,7H,3,5-6,8-11,15H2,1-2H3. The zero-order valence-electron chi connectivity index (χ0n) is 11.4. The van der Waals surface area contributed by atoms with Crippen molar-refractivity contribution in [2.45, 2.75) is 26.3 Å². The predicted octanol–water partition coefficient (Wildman–Crippen LogP) is 1.78. The Morgan fingerprint density at radius 2 is 2.33 bits per heavy atom. The molecule has 2 rings (SSSR count). The summed E-state index contributed by atoms with van der Waals surface area (Å²) < 4.78 is 10.9. The summed E-state index contributed by atoms with van der Waals surface area (Å²) in [4.78, 5) is 2.32. The molecule has 0 aromatic carbocycles. The highest BCUT2D eigenvalue weighted by Crippen LogP contribution is 2.28. The molecule has 1 aliphatic heterocycles. The van der Waals surface area contributed by atoms with Crippen molar-refractivity contribution in [3.8, 4) is 0 Å². The van der Waals surface area contributed by atoms with Crippen molar-refractivity contribution in [1.29, 1.82) is 0 Å². The molecule has 0 spiro atoms. The van der Waals surface area contributed by atoms with Crippen molar-refractivity contribution < 1.29 is 9.15 Å². The highest BCUT2D eigenvalue weighted by Gasteiger charge is 2.32. The first-order valence-electron chi connectivity index (χ1n) is 6.64. The maximum atomic E-state index is 5.96. The van der Waals surface area contributed by atoms with Gasteiger partial charge in [-0.15, -0.1) is 0 Å². The molecule has 0 saturated carbocycles. The van der Waals surface area contributed by atoms with Crippen LogP contribution in [0.4, 0.5) is 0 Å². The van der Waals surface area contributed by atoms with Crippen molar-refractivity contribution in [1.82, 2.24) is 4.90 Å². The minimum atomic E-state index is 0.130. The summed E-state index contributed by atoms with van der Waals surface area (Å²) in [5, 5.41) is 0. The van der Waals surface area contributed by atoms with Gasteiger partial charge in [-0.3, -0.25) is 0 Å². The zero-order valence-corrected chi connectivity index (χ0v) is 11.4. The molecule has 0 amide bonds. The van der Waals surface area contributed by atoms with Crippen LogP contribution in [0.3, 0.4) is 0 Å². The van der Waals surface area contributed by atoms with Gasteiger partial charge < -0.3 is 19.8 Å². The van der Waals surface area contributed by atoms with Crippen molar-refractivity contribution in [2.75, 3.05) is 33.4 Å². The van der Waals surface area contributed by atoms with Crippen LogP contribution < -0.4 is 5.73 Å². The van der Waals surface area contributed by atoms with E-state index in [4.69, 9.17) is 14.9 Å². The van der Waals surface area contributed by atoms with Crippen LogP contribution in [0.1, 0.15) is 24.2 Å². The minimum absolute atomic E-state index is 0.130. The van der Waals surface area contributed by atoms with Crippen molar-refractivity contribution in [3.05, 3.63) is 23.7 Å². The summed E-state index contributed by atoms with van der Waals surface area (Å²) >= 11 is 0. The largest absolute Gasteiger partial charge is 0.469 e. The Hall–Kier alpha value is -0.840. The average Bonchev–Trinajstić information content (AvgIpc) is 2.76. The average molecular weight is 252 g/mol. The van der Waals surface area contributed by atoms with Gasteiger partial charge in [-0.25, -0.2) is 0 Å². The fourth-order valence-electron chi connectivity index (χ4n) is 2.75. The highest BCUT2D eigenvalue weighted by molar-refractivity contribution is 5.15. The summed E-state index contributed by atoms with van der Waals surface area (Å²) in [6, 6.07) is 2.04. The lowest BCUT2D eigenvalue weighted by Crippen LogP contribution is -2.46. The Balaban J connectivity index is 1.93. The van der Waals surface area contributed by atoms with E-state index in [0.717, 1.165) is 44.9 Å². The van der Waals surface area contributed by atoms with Gasteiger partial charge in [0, 0.05) is 37.2 Å². The monoisotopic (exact) mass is 252 g/mol. The first-order chi connectivity index (χ1) is 8.65. The van der Waals surface area contributed by atoms with Crippen LogP contribution in [-0.2, 0) is 11.3 Å². The summed E-state index contributed by atoms with van der Waals surface area (Å²) in [6.45, 7) is 6.26. The zero-order chi connectivity index (χ0) is 13.0. The number of nitrogens with two attached hydrogens (primary N) is 1. The summed E-state index contributed by atoms with van der Waals surface area (Å²) in [7, 11) is 2.14. The van der Waals surface area contributed by atoms with E-state index < -0.39 is 0 Å². The number of nitrogens with zero attached hydrogens (tertiary/aromatic N) is 1. The van der Waals surface area contributed by atoms with E-state index in [1.165, 1.54) is 5.56 Å². The third-order valence-corrected chi connectivity index (χ3v) is 3.85. The van der Waals surface area contributed by atoms with Gasteiger partial charge >= 0.3 is 0 Å². The van der Waals surface area contributed by atoms with Gasteiger partial charge in [0.25, 0.3) is 0 Å². The van der Waals surface area contributed by atoms with Gasteiger partial charge in [-0.05, 0) is 32.9 Å². The fourth-order valence-corrected chi connectivity index (χ4v) is 2.75. The molecule has 18 heavy (non-hydrogen) atoms. The lowest BCUT2D eigenvalue weighted by atomic mass is 9.82. The number of aryl methyl sites for hydroxylation is 1. The van der Waals surface area contributed by atoms with E-state index in [1.54, 1.807) is 6.26 Å². The van der Waals surface area contributed by atoms with Crippen molar-refractivity contribution in [3.63, 3.8) is 0 Å². The molecule has 0 bridgehead atoms. The van der Waals surface area contributed by atoms with Crippen LogP contribution in [0.25, 0.3) is 0 Å². The molecule has 1 aromatic rings. The van der Waals surface area contributed by atoms with E-state index in [2.05, 4.69) is 11.9 Å². The Morgan fingerprint density at radius 1 is 1.50 bits per heavy atom. The second-order valence-electron chi connectivity index (χ2n) is 5.53. The molecule has 102 valence electrons. The topological polar surface area (TPSA) is 51.6 Å². The van der Waals surface area contributed by atoms with Gasteiger partial charge in [0.1, 0.15) is 5.76 Å². The highest BCUT2D eigenvalue weighted by atomic mass is 16.5. The molecule has 1 unspecified atom stereocenters. The van der Waals surface area contributed by atoms with Crippen LogP contribution in [0, 0.1) is 12.3 Å². The SMILES string of the molecule is Cc1occc1CN(C)CC1(CN)CCCOC1. The first kappa shape index (κ1) is 13.6. The lowest BCUT2D eigenvalue weighted by molar-refractivity contribution is -0.0193. The van der Waals surface area contributed by atoms with E-state index >= 15 is 0 Å². The number of ether oxygens (including phenoxy) is 1. The Bertz CT molecular complexity index is 370. The molecule has 1 atom stereocenters. The number of furan rings is 1. The molecular weight excluding hydrogens is 228 g/mol. The van der Waals surface area contributed by atoms with Crippen LogP contribution in [0.5, 0.6) is 0 Å². The molecular formula is C14H24N2O2. The van der Waals surface area contributed by atoms with E-state index in [-0.39, 0.29) is 5.41 Å². The summed E-state index contributed by atoms with van der Waals surface area (Å²) in [6.07, 6.45) is 4.04. The number of hydrogen-bond donors (Lipinski definition) is 1. The first-order valence-corrected chi connectivity index (χ1v) is 6.64. The Morgan fingerprint density at radius 3 is 2.89 bits per heavy atom. The smallest absolute Gasteiger partial charge is 0.105 e. The lowest BCUT2D eigenvalue weighted by Gasteiger charge is -2.39. The van der Waals surface area contributed by atoms with Gasteiger partial charge in [0.15, 0.2) is 0 Å². The van der Waals surface area contributed by atoms with Crippen molar-refractivity contribution >= 4 is 0 Å². The van der Waals surface area contributed by atoms with E-state index in [1.807, 2.05) is 13.0 Å². The predicted molar refractivity (Wildman–Crippen MR) is 71.3 cm³/mol. The third-order valence-electron chi connectivity index (χ3n) is 3.85. The maximum Gasteiger partial charge on any atom is 0.105 e. The van der Waals surface area contributed by atoms with Gasteiger partial charge in [-0.1, -0.05) is 0 Å². The van der Waals surface area contributed by atoms with E-state index in [9.17, 15) is 0 Å². The van der Waals surface area contributed by atoms with Crippen LogP contribution in [0.15, 0.2) is 16.7 Å². The number of rotatable bonds is 5. The molecule has 2 N–H and O–H groups in total. The minimum Gasteiger partial charge on any atom is -0.469 e. The molecule has 1 aromatic heterocycles. The molecule has 1 fully saturated rings. The van der Waals surface area contributed by atoms with Gasteiger partial charge in [0.05, 0.1) is 12.9 Å². The quantitative estimate of drug-likeness (QED) is 0.868. The van der Waals surface area contributed by atoms with Crippen molar-refractivity contribution in [2.24, 2.45) is 11.1 Å². The third kappa shape index (κ3) is 3.13. The Labute approximate surface area is 109 Å². The van der Waals surface area contributed by atoms with Crippen LogP contribution in [0.2, 0.25) is 0 Å². The Kier molecular flexibility index (Phi) is 4.43. The molecule has 1 saturated heterocycles. The normalized spacial score (nSPS) is 24.7. The molecule has 1 aliphatic rings. The molecule has 4 nitrogen and oxygen atoms in total. The summed E-state index contributed by atoms with van der Waals surface area (Å²) in [5.74, 6) is 1.00. The van der Waals surface area contributed by atoms with Gasteiger partial charge in [0.2, 0.25) is 0 Å². The molecule has 2 heterocycles. The molecule has 0 aliphatic carbocycles. The van der Waals surface area contributed by atoms with Crippen LogP contribution in [-0.4, -0.2) is 38.3 Å². The number of hydrogen-bond acceptors (Lipinski definition) is 4. The fraction of sp³-hybridized carbons (Fsp3) is 0.714.